The second-order valence-electron chi connectivity index (χ2n) is 7.70. The predicted molar refractivity (Wildman–Crippen MR) is 125 cm³/mol. The lowest BCUT2D eigenvalue weighted by Crippen LogP contribution is -2.38. The van der Waals surface area contributed by atoms with Crippen molar-refractivity contribution in [2.24, 2.45) is 0 Å². The summed E-state index contributed by atoms with van der Waals surface area (Å²) in [5, 5.41) is 11.1. The van der Waals surface area contributed by atoms with Crippen LogP contribution < -0.4 is 9.47 Å². The van der Waals surface area contributed by atoms with Gasteiger partial charge in [-0.3, -0.25) is 0 Å². The Morgan fingerprint density at radius 2 is 1.84 bits per heavy atom. The number of thiazole rings is 1. The summed E-state index contributed by atoms with van der Waals surface area (Å²) in [5.74, 6) is 0.136. The number of ether oxygens (including phenoxy) is 2. The van der Waals surface area contributed by atoms with Crippen LogP contribution in [0.1, 0.15) is 43.0 Å². The summed E-state index contributed by atoms with van der Waals surface area (Å²) in [7, 11) is 0. The predicted octanol–water partition coefficient (Wildman–Crippen LogP) is 7.12. The number of hydrogen-bond donors (Lipinski definition) is 1. The first kappa shape index (κ1) is 23.4. The lowest BCUT2D eigenvalue weighted by atomic mass is 10.1. The standard InChI is InChI=1S/C23H23Cl2NO4S/c1-12-10-16(7-9-19(12)30-23(4,5)22(27)28)29-14(3)20-13(2)26-21(31-20)15-6-8-17(24)18(25)11-15/h6-11,14H,1-5H3,(H,27,28). The minimum absolute atomic E-state index is 0.226. The number of hydrogen-bond acceptors (Lipinski definition) is 5. The normalized spacial score (nSPS) is 12.5. The van der Waals surface area contributed by atoms with Crippen LogP contribution in [-0.2, 0) is 4.79 Å². The van der Waals surface area contributed by atoms with Crippen molar-refractivity contribution in [1.29, 1.82) is 0 Å². The van der Waals surface area contributed by atoms with Gasteiger partial charge in [-0.1, -0.05) is 29.3 Å². The van der Waals surface area contributed by atoms with Crippen LogP contribution >= 0.6 is 34.5 Å². The number of carboxylic acid groups (broad SMARTS) is 1. The Bertz CT molecular complexity index is 1130. The summed E-state index contributed by atoms with van der Waals surface area (Å²) < 4.78 is 11.8. The number of carboxylic acids is 1. The van der Waals surface area contributed by atoms with E-state index in [2.05, 4.69) is 4.98 Å². The quantitative estimate of drug-likeness (QED) is 0.390. The van der Waals surface area contributed by atoms with Gasteiger partial charge in [0.25, 0.3) is 0 Å². The maximum atomic E-state index is 11.3. The maximum Gasteiger partial charge on any atom is 0.347 e. The van der Waals surface area contributed by atoms with E-state index in [1.807, 2.05) is 32.9 Å². The van der Waals surface area contributed by atoms with Gasteiger partial charge in [0.15, 0.2) is 5.60 Å². The highest BCUT2D eigenvalue weighted by atomic mass is 35.5. The van der Waals surface area contributed by atoms with Crippen molar-refractivity contribution < 1.29 is 19.4 Å². The summed E-state index contributed by atoms with van der Waals surface area (Å²) >= 11 is 13.7. The van der Waals surface area contributed by atoms with Crippen LogP contribution in [0.3, 0.4) is 0 Å². The molecule has 1 heterocycles. The number of aryl methyl sites for hydroxylation is 2. The van der Waals surface area contributed by atoms with Gasteiger partial charge < -0.3 is 14.6 Å². The van der Waals surface area contributed by atoms with E-state index in [0.717, 1.165) is 26.7 Å². The van der Waals surface area contributed by atoms with Crippen LogP contribution in [0, 0.1) is 13.8 Å². The van der Waals surface area contributed by atoms with Crippen LogP contribution in [0.15, 0.2) is 36.4 Å². The largest absolute Gasteiger partial charge is 0.485 e. The number of rotatable bonds is 7. The number of halogens is 2. The Balaban J connectivity index is 1.78. The molecule has 3 aromatic rings. The Labute approximate surface area is 195 Å². The number of benzene rings is 2. The molecule has 0 aliphatic rings. The van der Waals surface area contributed by atoms with Crippen LogP contribution in [0.2, 0.25) is 10.0 Å². The van der Waals surface area contributed by atoms with Crippen molar-refractivity contribution >= 4 is 40.5 Å². The van der Waals surface area contributed by atoms with Crippen LogP contribution in [0.4, 0.5) is 0 Å². The molecule has 3 rings (SSSR count). The molecule has 8 heteroatoms. The highest BCUT2D eigenvalue weighted by Crippen LogP contribution is 2.37. The first-order valence-electron chi connectivity index (χ1n) is 9.60. The zero-order valence-corrected chi connectivity index (χ0v) is 20.2. The molecule has 5 nitrogen and oxygen atoms in total. The molecule has 1 atom stereocenters. The summed E-state index contributed by atoms with van der Waals surface area (Å²) in [5.41, 5.74) is 1.26. The third-order valence-electron chi connectivity index (χ3n) is 4.71. The summed E-state index contributed by atoms with van der Waals surface area (Å²) in [6.45, 7) is 8.79. The molecule has 1 unspecified atom stereocenters. The SMILES string of the molecule is Cc1cc(OC(C)c2sc(-c3ccc(Cl)c(Cl)c3)nc2C)ccc1OC(C)(C)C(=O)O. The van der Waals surface area contributed by atoms with Gasteiger partial charge in [0, 0.05) is 5.56 Å². The monoisotopic (exact) mass is 479 g/mol. The molecule has 164 valence electrons. The molecule has 31 heavy (non-hydrogen) atoms. The van der Waals surface area contributed by atoms with Gasteiger partial charge in [-0.05, 0) is 70.5 Å². The smallest absolute Gasteiger partial charge is 0.347 e. The van der Waals surface area contributed by atoms with Gasteiger partial charge in [0.1, 0.15) is 22.6 Å². The second kappa shape index (κ2) is 9.07. The molecule has 0 fully saturated rings. The molecular weight excluding hydrogens is 457 g/mol. The van der Waals surface area contributed by atoms with Crippen LogP contribution in [0.25, 0.3) is 10.6 Å². The first-order valence-corrected chi connectivity index (χ1v) is 11.2. The Morgan fingerprint density at radius 1 is 1.13 bits per heavy atom. The van der Waals surface area contributed by atoms with Gasteiger partial charge >= 0.3 is 5.97 Å². The average Bonchev–Trinajstić information content (AvgIpc) is 3.08. The molecule has 2 aromatic carbocycles. The lowest BCUT2D eigenvalue weighted by Gasteiger charge is -2.23. The van der Waals surface area contributed by atoms with Gasteiger partial charge in [-0.2, -0.15) is 0 Å². The van der Waals surface area contributed by atoms with Crippen molar-refractivity contribution in [3.8, 4) is 22.1 Å². The highest BCUT2D eigenvalue weighted by Gasteiger charge is 2.30. The lowest BCUT2D eigenvalue weighted by molar-refractivity contribution is -0.152. The molecule has 0 radical (unpaired) electrons. The van der Waals surface area contributed by atoms with Crippen molar-refractivity contribution in [1.82, 2.24) is 4.98 Å². The Morgan fingerprint density at radius 3 is 2.45 bits per heavy atom. The van der Waals surface area contributed by atoms with Gasteiger partial charge in [0.05, 0.1) is 20.6 Å². The molecule has 0 spiro atoms. The fourth-order valence-electron chi connectivity index (χ4n) is 2.92. The summed E-state index contributed by atoms with van der Waals surface area (Å²) in [4.78, 5) is 17.0. The molecule has 0 amide bonds. The van der Waals surface area contributed by atoms with Crippen LogP contribution in [-0.4, -0.2) is 21.7 Å². The molecule has 1 aromatic heterocycles. The van der Waals surface area contributed by atoms with E-state index in [-0.39, 0.29) is 6.10 Å². The number of carbonyl (C=O) groups is 1. The Hall–Kier alpha value is -2.28. The molecule has 0 saturated heterocycles. The zero-order chi connectivity index (χ0) is 22.9. The molecule has 0 bridgehead atoms. The fourth-order valence-corrected chi connectivity index (χ4v) is 4.27. The van der Waals surface area contributed by atoms with Crippen molar-refractivity contribution in [2.45, 2.75) is 46.3 Å². The number of aliphatic carboxylic acids is 1. The third kappa shape index (κ3) is 5.32. The Kier molecular flexibility index (Phi) is 6.84. The minimum Gasteiger partial charge on any atom is -0.485 e. The molecule has 0 saturated carbocycles. The van der Waals surface area contributed by atoms with E-state index in [1.54, 1.807) is 35.6 Å². The molecule has 0 aliphatic heterocycles. The van der Waals surface area contributed by atoms with Gasteiger partial charge in [-0.15, -0.1) is 11.3 Å². The van der Waals surface area contributed by atoms with E-state index >= 15 is 0 Å². The number of aromatic nitrogens is 1. The van der Waals surface area contributed by atoms with Gasteiger partial charge in [-0.25, -0.2) is 9.78 Å². The summed E-state index contributed by atoms with van der Waals surface area (Å²) in [6.07, 6.45) is -0.226. The van der Waals surface area contributed by atoms with E-state index < -0.39 is 11.6 Å². The molecule has 1 N–H and O–H groups in total. The van der Waals surface area contributed by atoms with E-state index in [9.17, 15) is 9.90 Å². The zero-order valence-electron chi connectivity index (χ0n) is 17.8. The maximum absolute atomic E-state index is 11.3. The first-order chi connectivity index (χ1) is 14.5. The third-order valence-corrected chi connectivity index (χ3v) is 6.81. The van der Waals surface area contributed by atoms with Gasteiger partial charge in [0.2, 0.25) is 0 Å². The second-order valence-corrected chi connectivity index (χ2v) is 9.55. The van der Waals surface area contributed by atoms with Crippen molar-refractivity contribution in [3.63, 3.8) is 0 Å². The average molecular weight is 480 g/mol. The van der Waals surface area contributed by atoms with Crippen LogP contribution in [0.5, 0.6) is 11.5 Å². The fraction of sp³-hybridized carbons (Fsp3) is 0.304. The van der Waals surface area contributed by atoms with Crippen molar-refractivity contribution in [2.75, 3.05) is 0 Å². The minimum atomic E-state index is -1.32. The molecular formula is C23H23Cl2NO4S. The number of nitrogens with zero attached hydrogens (tertiary/aromatic N) is 1. The topological polar surface area (TPSA) is 68.7 Å². The van der Waals surface area contributed by atoms with E-state index in [1.165, 1.54) is 13.8 Å². The van der Waals surface area contributed by atoms with Crippen molar-refractivity contribution in [3.05, 3.63) is 62.6 Å². The van der Waals surface area contributed by atoms with E-state index in [4.69, 9.17) is 32.7 Å². The molecule has 0 aliphatic carbocycles. The highest BCUT2D eigenvalue weighted by molar-refractivity contribution is 7.15. The van der Waals surface area contributed by atoms with E-state index in [0.29, 0.717) is 21.5 Å². The summed E-state index contributed by atoms with van der Waals surface area (Å²) in [6, 6.07) is 10.8.